The number of carbonyl (C=O) groups is 1. The summed E-state index contributed by atoms with van der Waals surface area (Å²) in [6.07, 6.45) is 1.46. The van der Waals surface area contributed by atoms with E-state index in [0.29, 0.717) is 27.6 Å². The summed E-state index contributed by atoms with van der Waals surface area (Å²) in [7, 11) is 0. The molecular formula is C15H10BrClN2O3. The van der Waals surface area contributed by atoms with Gasteiger partial charge in [-0.1, -0.05) is 27.5 Å². The van der Waals surface area contributed by atoms with Gasteiger partial charge in [-0.25, -0.2) is 5.43 Å². The molecule has 2 aromatic carbocycles. The number of amides is 1. The predicted octanol–water partition coefficient (Wildman–Crippen LogP) is 3.60. The standard InChI is InChI=1S/C15H10BrClN2O3/c16-11-3-1-9(2-4-11)15(20)19-18-7-10-5-13-14(6-12(10)17)22-8-21-13/h1-7H,8H2,(H,19,20)/b18-7-. The Morgan fingerprint density at radius 1 is 1.23 bits per heavy atom. The van der Waals surface area contributed by atoms with Crippen LogP contribution in [0.2, 0.25) is 5.02 Å². The maximum Gasteiger partial charge on any atom is 0.271 e. The fraction of sp³-hybridized carbons (Fsp3) is 0.0667. The summed E-state index contributed by atoms with van der Waals surface area (Å²) in [5.74, 6) is 0.895. The second kappa shape index (κ2) is 6.37. The van der Waals surface area contributed by atoms with Gasteiger partial charge in [-0.3, -0.25) is 4.79 Å². The van der Waals surface area contributed by atoms with Gasteiger partial charge >= 0.3 is 0 Å². The monoisotopic (exact) mass is 380 g/mol. The Balaban J connectivity index is 1.70. The molecule has 22 heavy (non-hydrogen) atoms. The van der Waals surface area contributed by atoms with E-state index >= 15 is 0 Å². The SMILES string of the molecule is O=C(N/N=C\c1cc2c(cc1Cl)OCO2)c1ccc(Br)cc1. The Bertz CT molecular complexity index is 747. The van der Waals surface area contributed by atoms with Crippen LogP contribution >= 0.6 is 27.5 Å². The van der Waals surface area contributed by atoms with E-state index in [2.05, 4.69) is 26.5 Å². The highest BCUT2D eigenvalue weighted by Gasteiger charge is 2.15. The Morgan fingerprint density at radius 3 is 2.64 bits per heavy atom. The summed E-state index contributed by atoms with van der Waals surface area (Å²) in [6.45, 7) is 0.173. The number of fused-ring (bicyclic) bond motifs is 1. The molecular weight excluding hydrogens is 372 g/mol. The smallest absolute Gasteiger partial charge is 0.271 e. The first-order chi connectivity index (χ1) is 10.6. The molecule has 0 saturated carbocycles. The Morgan fingerprint density at radius 2 is 1.91 bits per heavy atom. The van der Waals surface area contributed by atoms with Crippen molar-refractivity contribution in [1.82, 2.24) is 5.43 Å². The number of halogens is 2. The van der Waals surface area contributed by atoms with Gasteiger partial charge in [0, 0.05) is 21.7 Å². The molecule has 0 saturated heterocycles. The molecule has 0 radical (unpaired) electrons. The summed E-state index contributed by atoms with van der Waals surface area (Å²) >= 11 is 9.43. The maximum atomic E-state index is 11.9. The average molecular weight is 382 g/mol. The third-order valence-electron chi connectivity index (χ3n) is 2.97. The van der Waals surface area contributed by atoms with Crippen LogP contribution in [0.15, 0.2) is 46.0 Å². The predicted molar refractivity (Wildman–Crippen MR) is 86.8 cm³/mol. The first-order valence-corrected chi connectivity index (χ1v) is 7.49. The van der Waals surface area contributed by atoms with E-state index in [1.807, 2.05) is 0 Å². The topological polar surface area (TPSA) is 59.9 Å². The Labute approximate surface area is 140 Å². The van der Waals surface area contributed by atoms with E-state index in [1.54, 1.807) is 36.4 Å². The minimum atomic E-state index is -0.305. The number of hydrogen-bond donors (Lipinski definition) is 1. The van der Waals surface area contributed by atoms with Gasteiger partial charge < -0.3 is 9.47 Å². The van der Waals surface area contributed by atoms with Crippen molar-refractivity contribution in [2.45, 2.75) is 0 Å². The van der Waals surface area contributed by atoms with E-state index in [-0.39, 0.29) is 12.7 Å². The number of hydrogen-bond acceptors (Lipinski definition) is 4. The van der Waals surface area contributed by atoms with Gasteiger partial charge in [-0.2, -0.15) is 5.10 Å². The quantitative estimate of drug-likeness (QED) is 0.653. The van der Waals surface area contributed by atoms with Crippen molar-refractivity contribution < 1.29 is 14.3 Å². The Kier molecular flexibility index (Phi) is 4.31. The van der Waals surface area contributed by atoms with Crippen molar-refractivity contribution in [2.75, 3.05) is 6.79 Å². The van der Waals surface area contributed by atoms with Crippen molar-refractivity contribution in [2.24, 2.45) is 5.10 Å². The lowest BCUT2D eigenvalue weighted by Crippen LogP contribution is -2.17. The van der Waals surface area contributed by atoms with Gasteiger partial charge in [0.15, 0.2) is 11.5 Å². The summed E-state index contributed by atoms with van der Waals surface area (Å²) < 4.78 is 11.4. The second-order valence-corrected chi connectivity index (χ2v) is 5.76. The number of nitrogens with zero attached hydrogens (tertiary/aromatic N) is 1. The zero-order chi connectivity index (χ0) is 15.5. The van der Waals surface area contributed by atoms with Crippen LogP contribution in [0.3, 0.4) is 0 Å². The van der Waals surface area contributed by atoms with E-state index in [4.69, 9.17) is 21.1 Å². The molecule has 0 atom stereocenters. The summed E-state index contributed by atoms with van der Waals surface area (Å²) in [5, 5.41) is 4.37. The number of hydrazone groups is 1. The van der Waals surface area contributed by atoms with Crippen molar-refractivity contribution in [3.8, 4) is 11.5 Å². The number of rotatable bonds is 3. The van der Waals surface area contributed by atoms with Crippen LogP contribution in [0.5, 0.6) is 11.5 Å². The highest BCUT2D eigenvalue weighted by Crippen LogP contribution is 2.36. The largest absolute Gasteiger partial charge is 0.454 e. The molecule has 0 aliphatic carbocycles. The van der Waals surface area contributed by atoms with Crippen LogP contribution in [0, 0.1) is 0 Å². The molecule has 1 heterocycles. The average Bonchev–Trinajstić information content (AvgIpc) is 2.95. The molecule has 0 unspecified atom stereocenters. The molecule has 1 N–H and O–H groups in total. The lowest BCUT2D eigenvalue weighted by molar-refractivity contribution is 0.0955. The molecule has 0 fully saturated rings. The van der Waals surface area contributed by atoms with Gasteiger partial charge in [0.2, 0.25) is 6.79 Å². The number of benzene rings is 2. The van der Waals surface area contributed by atoms with Crippen molar-refractivity contribution in [3.05, 3.63) is 57.0 Å². The molecule has 7 heteroatoms. The molecule has 3 rings (SSSR count). The summed E-state index contributed by atoms with van der Waals surface area (Å²) in [6, 6.07) is 10.3. The van der Waals surface area contributed by atoms with Crippen molar-refractivity contribution in [1.29, 1.82) is 0 Å². The fourth-order valence-electron chi connectivity index (χ4n) is 1.86. The maximum absolute atomic E-state index is 11.9. The summed E-state index contributed by atoms with van der Waals surface area (Å²) in [5.41, 5.74) is 3.58. The lowest BCUT2D eigenvalue weighted by atomic mass is 10.2. The number of ether oxygens (including phenoxy) is 2. The van der Waals surface area contributed by atoms with E-state index in [0.717, 1.165) is 4.47 Å². The number of carbonyl (C=O) groups excluding carboxylic acids is 1. The first kappa shape index (κ1) is 14.9. The van der Waals surface area contributed by atoms with Crippen LogP contribution < -0.4 is 14.9 Å². The number of nitrogens with one attached hydrogen (secondary N) is 1. The zero-order valence-electron chi connectivity index (χ0n) is 11.2. The minimum Gasteiger partial charge on any atom is -0.454 e. The second-order valence-electron chi connectivity index (χ2n) is 4.43. The molecule has 2 aromatic rings. The van der Waals surface area contributed by atoms with Gasteiger partial charge in [0.1, 0.15) is 0 Å². The molecule has 0 bridgehead atoms. The van der Waals surface area contributed by atoms with Crippen LogP contribution in [-0.4, -0.2) is 18.9 Å². The third kappa shape index (κ3) is 3.23. The van der Waals surface area contributed by atoms with Crippen molar-refractivity contribution >= 4 is 39.7 Å². The van der Waals surface area contributed by atoms with E-state index in [1.165, 1.54) is 6.21 Å². The van der Waals surface area contributed by atoms with Gasteiger partial charge in [0.25, 0.3) is 5.91 Å². The van der Waals surface area contributed by atoms with Crippen LogP contribution in [-0.2, 0) is 0 Å². The van der Waals surface area contributed by atoms with Gasteiger partial charge in [0.05, 0.1) is 11.2 Å². The van der Waals surface area contributed by atoms with Crippen LogP contribution in [0.1, 0.15) is 15.9 Å². The molecule has 0 aromatic heterocycles. The minimum absolute atomic E-state index is 0.173. The fourth-order valence-corrected chi connectivity index (χ4v) is 2.32. The van der Waals surface area contributed by atoms with E-state index in [9.17, 15) is 4.79 Å². The molecule has 1 aliphatic heterocycles. The lowest BCUT2D eigenvalue weighted by Gasteiger charge is -2.02. The highest BCUT2D eigenvalue weighted by molar-refractivity contribution is 9.10. The Hall–Kier alpha value is -2.05. The molecule has 5 nitrogen and oxygen atoms in total. The summed E-state index contributed by atoms with van der Waals surface area (Å²) in [4.78, 5) is 11.9. The molecule has 0 spiro atoms. The molecule has 1 aliphatic rings. The van der Waals surface area contributed by atoms with E-state index < -0.39 is 0 Å². The van der Waals surface area contributed by atoms with Crippen molar-refractivity contribution in [3.63, 3.8) is 0 Å². The zero-order valence-corrected chi connectivity index (χ0v) is 13.5. The normalized spacial score (nSPS) is 12.6. The van der Waals surface area contributed by atoms with Gasteiger partial charge in [-0.15, -0.1) is 0 Å². The first-order valence-electron chi connectivity index (χ1n) is 6.31. The van der Waals surface area contributed by atoms with Crippen LogP contribution in [0.25, 0.3) is 0 Å². The third-order valence-corrected chi connectivity index (χ3v) is 3.82. The van der Waals surface area contributed by atoms with Crippen LogP contribution in [0.4, 0.5) is 0 Å². The highest BCUT2D eigenvalue weighted by atomic mass is 79.9. The molecule has 1 amide bonds. The van der Waals surface area contributed by atoms with Gasteiger partial charge in [-0.05, 0) is 30.3 Å². The molecule has 112 valence electrons.